The van der Waals surface area contributed by atoms with Gasteiger partial charge in [-0.3, -0.25) is 4.79 Å². The second-order valence-electron chi connectivity index (χ2n) is 7.09. The number of morpholine rings is 1. The number of hydrogen-bond acceptors (Lipinski definition) is 4. The molecule has 1 saturated heterocycles. The van der Waals surface area contributed by atoms with Crippen LogP contribution in [0.15, 0.2) is 47.4 Å². The van der Waals surface area contributed by atoms with Crippen molar-refractivity contribution in [2.75, 3.05) is 25.0 Å². The molecule has 1 N–H and O–H groups in total. The summed E-state index contributed by atoms with van der Waals surface area (Å²) in [6.07, 6.45) is -0.459. The molecule has 1 fully saturated rings. The minimum absolute atomic E-state index is 0.128. The highest BCUT2D eigenvalue weighted by atomic mass is 35.5. The van der Waals surface area contributed by atoms with Gasteiger partial charge in [0, 0.05) is 34.7 Å². The number of carbonyl (C=O) groups excluding carboxylic acids is 1. The van der Waals surface area contributed by atoms with Crippen LogP contribution >= 0.6 is 23.2 Å². The second-order valence-corrected chi connectivity index (χ2v) is 9.90. The molecule has 1 unspecified atom stereocenters. The number of hydrogen-bond donors (Lipinski definition) is 1. The highest BCUT2D eigenvalue weighted by Gasteiger charge is 2.31. The Kier molecular flexibility index (Phi) is 6.86. The van der Waals surface area contributed by atoms with E-state index in [0.29, 0.717) is 15.7 Å². The Morgan fingerprint density at radius 2 is 1.76 bits per heavy atom. The summed E-state index contributed by atoms with van der Waals surface area (Å²) in [5.41, 5.74) is 1.28. The predicted molar refractivity (Wildman–Crippen MR) is 114 cm³/mol. The molecule has 1 heterocycles. The SMILES string of the molecule is CC(C)C(=O)Nc1ccc(S(=O)(=O)N2CCOC(c3cc(Cl)cc(Cl)c3)C2)cc1. The van der Waals surface area contributed by atoms with Crippen molar-refractivity contribution in [3.63, 3.8) is 0 Å². The van der Waals surface area contributed by atoms with Gasteiger partial charge in [-0.15, -0.1) is 0 Å². The maximum Gasteiger partial charge on any atom is 0.243 e. The molecule has 6 nitrogen and oxygen atoms in total. The van der Waals surface area contributed by atoms with Crippen LogP contribution in [0.25, 0.3) is 0 Å². The highest BCUT2D eigenvalue weighted by molar-refractivity contribution is 7.89. The predicted octanol–water partition coefficient (Wildman–Crippen LogP) is 4.35. The number of carbonyl (C=O) groups is 1. The summed E-state index contributed by atoms with van der Waals surface area (Å²) in [6.45, 7) is 4.24. The van der Waals surface area contributed by atoms with Crippen LogP contribution in [0.1, 0.15) is 25.5 Å². The lowest BCUT2D eigenvalue weighted by atomic mass is 10.1. The quantitative estimate of drug-likeness (QED) is 0.725. The van der Waals surface area contributed by atoms with E-state index in [-0.39, 0.29) is 36.4 Å². The van der Waals surface area contributed by atoms with E-state index in [1.807, 2.05) is 0 Å². The average Bonchev–Trinajstić information content (AvgIpc) is 2.67. The first-order valence-electron chi connectivity index (χ1n) is 9.15. The highest BCUT2D eigenvalue weighted by Crippen LogP contribution is 2.30. The van der Waals surface area contributed by atoms with E-state index in [2.05, 4.69) is 5.32 Å². The molecule has 0 spiro atoms. The molecule has 2 aromatic carbocycles. The summed E-state index contributed by atoms with van der Waals surface area (Å²) in [6, 6.07) is 11.2. The van der Waals surface area contributed by atoms with Gasteiger partial charge < -0.3 is 10.1 Å². The van der Waals surface area contributed by atoms with E-state index < -0.39 is 16.1 Å². The fraction of sp³-hybridized carbons (Fsp3) is 0.350. The number of anilines is 1. The Bertz CT molecular complexity index is 974. The van der Waals surface area contributed by atoms with Gasteiger partial charge in [-0.2, -0.15) is 4.31 Å². The number of nitrogens with zero attached hydrogens (tertiary/aromatic N) is 1. The van der Waals surface area contributed by atoms with Crippen molar-refractivity contribution in [2.24, 2.45) is 5.92 Å². The lowest BCUT2D eigenvalue weighted by molar-refractivity contribution is -0.118. The molecule has 156 valence electrons. The lowest BCUT2D eigenvalue weighted by Crippen LogP contribution is -2.42. The third kappa shape index (κ3) is 5.29. The number of sulfonamides is 1. The van der Waals surface area contributed by atoms with Gasteiger partial charge in [0.05, 0.1) is 17.6 Å². The summed E-state index contributed by atoms with van der Waals surface area (Å²) in [5, 5.41) is 3.68. The maximum absolute atomic E-state index is 13.1. The van der Waals surface area contributed by atoms with Gasteiger partial charge in [0.25, 0.3) is 0 Å². The van der Waals surface area contributed by atoms with E-state index in [1.165, 1.54) is 16.4 Å². The molecule has 2 aromatic rings. The first-order chi connectivity index (χ1) is 13.7. The van der Waals surface area contributed by atoms with Gasteiger partial charge in [0.15, 0.2) is 0 Å². The zero-order chi connectivity index (χ0) is 21.2. The van der Waals surface area contributed by atoms with Crippen LogP contribution in [-0.4, -0.2) is 38.3 Å². The fourth-order valence-corrected chi connectivity index (χ4v) is 4.92. The van der Waals surface area contributed by atoms with Gasteiger partial charge in [-0.05, 0) is 48.0 Å². The Morgan fingerprint density at radius 3 is 2.34 bits per heavy atom. The number of benzene rings is 2. The zero-order valence-corrected chi connectivity index (χ0v) is 18.4. The third-order valence-corrected chi connectivity index (χ3v) is 6.89. The first-order valence-corrected chi connectivity index (χ1v) is 11.3. The Labute approximate surface area is 180 Å². The van der Waals surface area contributed by atoms with Crippen molar-refractivity contribution in [1.82, 2.24) is 4.31 Å². The Balaban J connectivity index is 1.77. The van der Waals surface area contributed by atoms with Gasteiger partial charge in [0.2, 0.25) is 15.9 Å². The van der Waals surface area contributed by atoms with E-state index in [9.17, 15) is 13.2 Å². The van der Waals surface area contributed by atoms with E-state index in [4.69, 9.17) is 27.9 Å². The molecule has 1 aliphatic rings. The number of rotatable bonds is 5. The molecule has 0 radical (unpaired) electrons. The minimum Gasteiger partial charge on any atom is -0.371 e. The van der Waals surface area contributed by atoms with Crippen LogP contribution in [0.5, 0.6) is 0 Å². The van der Waals surface area contributed by atoms with E-state index in [0.717, 1.165) is 5.56 Å². The van der Waals surface area contributed by atoms with Crippen LogP contribution in [0.2, 0.25) is 10.0 Å². The normalized spacial score (nSPS) is 18.0. The van der Waals surface area contributed by atoms with Crippen LogP contribution in [0, 0.1) is 5.92 Å². The summed E-state index contributed by atoms with van der Waals surface area (Å²) in [4.78, 5) is 11.9. The molecule has 9 heteroatoms. The monoisotopic (exact) mass is 456 g/mol. The number of halogens is 2. The number of nitrogens with one attached hydrogen (secondary N) is 1. The van der Waals surface area contributed by atoms with Gasteiger partial charge in [-0.1, -0.05) is 37.0 Å². The second kappa shape index (κ2) is 9.02. The summed E-state index contributed by atoms with van der Waals surface area (Å²) in [7, 11) is -3.71. The van der Waals surface area contributed by atoms with Crippen LogP contribution in [0.4, 0.5) is 5.69 Å². The first kappa shape index (κ1) is 22.1. The van der Waals surface area contributed by atoms with Gasteiger partial charge in [0.1, 0.15) is 0 Å². The van der Waals surface area contributed by atoms with Crippen molar-refractivity contribution in [2.45, 2.75) is 24.8 Å². The van der Waals surface area contributed by atoms with Gasteiger partial charge >= 0.3 is 0 Å². The minimum atomic E-state index is -3.71. The van der Waals surface area contributed by atoms with Crippen molar-refractivity contribution in [3.8, 4) is 0 Å². The molecule has 0 bridgehead atoms. The maximum atomic E-state index is 13.1. The largest absolute Gasteiger partial charge is 0.371 e. The van der Waals surface area contributed by atoms with E-state index in [1.54, 1.807) is 44.2 Å². The molecule has 3 rings (SSSR count). The standard InChI is InChI=1S/C20H22Cl2N2O4S/c1-13(2)20(25)23-17-3-5-18(6-4-17)29(26,27)24-7-8-28-19(12-24)14-9-15(21)11-16(22)10-14/h3-6,9-11,13,19H,7-8,12H2,1-2H3,(H,23,25). The summed E-state index contributed by atoms with van der Waals surface area (Å²) in [5.74, 6) is -0.291. The van der Waals surface area contributed by atoms with Crippen LogP contribution in [0.3, 0.4) is 0 Å². The Hall–Kier alpha value is -1.64. The van der Waals surface area contributed by atoms with Crippen molar-refractivity contribution in [3.05, 3.63) is 58.1 Å². The molecular weight excluding hydrogens is 435 g/mol. The molecule has 0 saturated carbocycles. The smallest absolute Gasteiger partial charge is 0.243 e. The number of ether oxygens (including phenoxy) is 1. The Morgan fingerprint density at radius 1 is 1.14 bits per heavy atom. The molecular formula is C20H22Cl2N2O4S. The molecule has 1 atom stereocenters. The van der Waals surface area contributed by atoms with Crippen molar-refractivity contribution in [1.29, 1.82) is 0 Å². The third-order valence-electron chi connectivity index (χ3n) is 4.57. The number of amides is 1. The molecule has 1 aliphatic heterocycles. The topological polar surface area (TPSA) is 75.7 Å². The fourth-order valence-electron chi connectivity index (χ4n) is 2.95. The lowest BCUT2D eigenvalue weighted by Gasteiger charge is -2.32. The van der Waals surface area contributed by atoms with Crippen molar-refractivity contribution < 1.29 is 17.9 Å². The average molecular weight is 457 g/mol. The summed E-state index contributed by atoms with van der Waals surface area (Å²) < 4.78 is 33.3. The van der Waals surface area contributed by atoms with Crippen molar-refractivity contribution >= 4 is 44.8 Å². The van der Waals surface area contributed by atoms with Crippen LogP contribution < -0.4 is 5.32 Å². The molecule has 0 aromatic heterocycles. The van der Waals surface area contributed by atoms with E-state index >= 15 is 0 Å². The molecule has 29 heavy (non-hydrogen) atoms. The van der Waals surface area contributed by atoms with Crippen LogP contribution in [-0.2, 0) is 19.6 Å². The molecule has 1 amide bonds. The van der Waals surface area contributed by atoms with Gasteiger partial charge in [-0.25, -0.2) is 8.42 Å². The zero-order valence-electron chi connectivity index (χ0n) is 16.1. The molecule has 0 aliphatic carbocycles. The summed E-state index contributed by atoms with van der Waals surface area (Å²) >= 11 is 12.1.